The van der Waals surface area contributed by atoms with Gasteiger partial charge in [0.15, 0.2) is 5.75 Å². The standard InChI is InChI=1S/C22H18N2O7/c1-13(25)30-20-6-4-5-15-7-9-17(23-21(15)20)10-8-16-11-18(29-3)12-19(24(27)28)22(16)31-14(2)26/h4-12H,1-3H3. The second-order valence-corrected chi connectivity index (χ2v) is 6.41. The number of ether oxygens (including phenoxy) is 3. The number of hydrogen-bond acceptors (Lipinski definition) is 8. The highest BCUT2D eigenvalue weighted by Gasteiger charge is 2.22. The van der Waals surface area contributed by atoms with Crippen LogP contribution in [0.1, 0.15) is 25.1 Å². The van der Waals surface area contributed by atoms with Gasteiger partial charge in [-0.3, -0.25) is 19.7 Å². The molecule has 0 fully saturated rings. The molecule has 9 nitrogen and oxygen atoms in total. The molecular weight excluding hydrogens is 404 g/mol. The first-order valence-corrected chi connectivity index (χ1v) is 9.09. The molecule has 0 aliphatic rings. The molecule has 1 aromatic heterocycles. The van der Waals surface area contributed by atoms with Crippen LogP contribution in [0.5, 0.6) is 17.2 Å². The van der Waals surface area contributed by atoms with Gasteiger partial charge in [0.2, 0.25) is 5.75 Å². The van der Waals surface area contributed by atoms with E-state index in [1.807, 2.05) is 6.07 Å². The van der Waals surface area contributed by atoms with Crippen molar-refractivity contribution in [1.82, 2.24) is 4.98 Å². The van der Waals surface area contributed by atoms with Gasteiger partial charge in [-0.25, -0.2) is 4.98 Å². The van der Waals surface area contributed by atoms with E-state index >= 15 is 0 Å². The zero-order valence-corrected chi connectivity index (χ0v) is 16.9. The second kappa shape index (κ2) is 9.04. The highest BCUT2D eigenvalue weighted by molar-refractivity contribution is 5.88. The van der Waals surface area contributed by atoms with E-state index in [9.17, 15) is 19.7 Å². The number of carbonyl (C=O) groups excluding carboxylic acids is 2. The van der Waals surface area contributed by atoms with Crippen LogP contribution in [-0.2, 0) is 9.59 Å². The minimum Gasteiger partial charge on any atom is -0.496 e. The number of pyridine rings is 1. The molecule has 0 saturated carbocycles. The van der Waals surface area contributed by atoms with Crippen molar-refractivity contribution < 1.29 is 28.7 Å². The van der Waals surface area contributed by atoms with E-state index in [4.69, 9.17) is 14.2 Å². The summed E-state index contributed by atoms with van der Waals surface area (Å²) >= 11 is 0. The van der Waals surface area contributed by atoms with Crippen LogP contribution in [0.15, 0.2) is 42.5 Å². The zero-order valence-electron chi connectivity index (χ0n) is 16.9. The Morgan fingerprint density at radius 3 is 2.42 bits per heavy atom. The predicted octanol–water partition coefficient (Wildman–Crippen LogP) is 4.17. The van der Waals surface area contributed by atoms with Gasteiger partial charge in [-0.2, -0.15) is 0 Å². The Kier molecular flexibility index (Phi) is 6.25. The fourth-order valence-corrected chi connectivity index (χ4v) is 2.88. The predicted molar refractivity (Wildman–Crippen MR) is 113 cm³/mol. The van der Waals surface area contributed by atoms with Crippen molar-refractivity contribution in [2.45, 2.75) is 13.8 Å². The number of aromatic nitrogens is 1. The number of nitro groups is 1. The van der Waals surface area contributed by atoms with Crippen LogP contribution in [0, 0.1) is 10.1 Å². The van der Waals surface area contributed by atoms with Crippen LogP contribution in [0.25, 0.3) is 23.1 Å². The molecule has 0 unspecified atom stereocenters. The summed E-state index contributed by atoms with van der Waals surface area (Å²) in [6.45, 7) is 2.46. The number of nitro benzene ring substituents is 1. The van der Waals surface area contributed by atoms with E-state index in [0.29, 0.717) is 17.0 Å². The number of fused-ring (bicyclic) bond motifs is 1. The monoisotopic (exact) mass is 422 g/mol. The number of hydrogen-bond donors (Lipinski definition) is 0. The Morgan fingerprint density at radius 2 is 1.77 bits per heavy atom. The lowest BCUT2D eigenvalue weighted by Gasteiger charge is -2.09. The van der Waals surface area contributed by atoms with E-state index in [1.54, 1.807) is 30.3 Å². The molecule has 0 saturated heterocycles. The van der Waals surface area contributed by atoms with Gasteiger partial charge in [-0.1, -0.05) is 18.2 Å². The summed E-state index contributed by atoms with van der Waals surface area (Å²) in [7, 11) is 1.37. The topological polar surface area (TPSA) is 118 Å². The van der Waals surface area contributed by atoms with E-state index in [0.717, 1.165) is 12.3 Å². The first-order valence-electron chi connectivity index (χ1n) is 9.09. The van der Waals surface area contributed by atoms with Gasteiger partial charge in [-0.15, -0.1) is 0 Å². The molecule has 3 rings (SSSR count). The average Bonchev–Trinajstić information content (AvgIpc) is 2.72. The molecule has 0 amide bonds. The Hall–Kier alpha value is -4.27. The number of benzene rings is 2. The maximum absolute atomic E-state index is 11.5. The zero-order chi connectivity index (χ0) is 22.5. The van der Waals surface area contributed by atoms with Gasteiger partial charge in [0, 0.05) is 24.8 Å². The fourth-order valence-electron chi connectivity index (χ4n) is 2.88. The van der Waals surface area contributed by atoms with E-state index < -0.39 is 22.5 Å². The second-order valence-electron chi connectivity index (χ2n) is 6.41. The van der Waals surface area contributed by atoms with Crippen LogP contribution < -0.4 is 14.2 Å². The van der Waals surface area contributed by atoms with Crippen LogP contribution in [0.2, 0.25) is 0 Å². The maximum atomic E-state index is 11.5. The molecule has 3 aromatic rings. The highest BCUT2D eigenvalue weighted by atomic mass is 16.6. The molecule has 158 valence electrons. The van der Waals surface area contributed by atoms with Gasteiger partial charge in [-0.05, 0) is 30.4 Å². The minimum absolute atomic E-state index is 0.198. The molecule has 2 aromatic carbocycles. The van der Waals surface area contributed by atoms with E-state index in [1.165, 1.54) is 32.2 Å². The Labute approximate surface area is 177 Å². The molecule has 0 aliphatic heterocycles. The van der Waals surface area contributed by atoms with Gasteiger partial charge in [0.25, 0.3) is 0 Å². The first-order chi connectivity index (χ1) is 14.8. The molecule has 0 spiro atoms. The SMILES string of the molecule is COc1cc(C=Cc2ccc3cccc(OC(C)=O)c3n2)c(OC(C)=O)c([N+](=O)[O-])c1. The molecule has 0 N–H and O–H groups in total. The van der Waals surface area contributed by atoms with Gasteiger partial charge in [0.05, 0.1) is 23.8 Å². The minimum atomic E-state index is -0.697. The van der Waals surface area contributed by atoms with Crippen LogP contribution in [0.4, 0.5) is 5.69 Å². The molecule has 1 heterocycles. The molecular formula is C22H18N2O7. The van der Waals surface area contributed by atoms with E-state index in [2.05, 4.69) is 4.98 Å². The van der Waals surface area contributed by atoms with Crippen molar-refractivity contribution in [1.29, 1.82) is 0 Å². The summed E-state index contributed by atoms with van der Waals surface area (Å²) in [5.41, 5.74) is 0.831. The highest BCUT2D eigenvalue weighted by Crippen LogP contribution is 2.37. The summed E-state index contributed by atoms with van der Waals surface area (Å²) in [6, 6.07) is 11.4. The number of methoxy groups -OCH3 is 1. The van der Waals surface area contributed by atoms with Crippen molar-refractivity contribution in [2.75, 3.05) is 7.11 Å². The number of esters is 2. The third-order valence-corrected chi connectivity index (χ3v) is 4.14. The van der Waals surface area contributed by atoms with E-state index in [-0.39, 0.29) is 17.1 Å². The summed E-state index contributed by atoms with van der Waals surface area (Å²) in [5, 5.41) is 12.2. The number of carbonyl (C=O) groups is 2. The van der Waals surface area contributed by atoms with Gasteiger partial charge < -0.3 is 14.2 Å². The van der Waals surface area contributed by atoms with Crippen molar-refractivity contribution in [3.63, 3.8) is 0 Å². The van der Waals surface area contributed by atoms with Crippen LogP contribution in [0.3, 0.4) is 0 Å². The third kappa shape index (κ3) is 5.02. The smallest absolute Gasteiger partial charge is 0.316 e. The summed E-state index contributed by atoms with van der Waals surface area (Å²) < 4.78 is 15.4. The molecule has 0 atom stereocenters. The van der Waals surface area contributed by atoms with Crippen molar-refractivity contribution in [2.24, 2.45) is 0 Å². The van der Waals surface area contributed by atoms with Crippen molar-refractivity contribution in [3.8, 4) is 17.2 Å². The number of para-hydroxylation sites is 1. The molecule has 0 aliphatic carbocycles. The number of rotatable bonds is 6. The molecule has 0 bridgehead atoms. The van der Waals surface area contributed by atoms with Gasteiger partial charge in [0.1, 0.15) is 11.3 Å². The number of nitrogens with zero attached hydrogens (tertiary/aromatic N) is 2. The fraction of sp³-hybridized carbons (Fsp3) is 0.136. The third-order valence-electron chi connectivity index (χ3n) is 4.14. The van der Waals surface area contributed by atoms with Crippen molar-refractivity contribution in [3.05, 3.63) is 63.8 Å². The molecule has 9 heteroatoms. The van der Waals surface area contributed by atoms with Crippen molar-refractivity contribution >= 4 is 40.7 Å². The largest absolute Gasteiger partial charge is 0.496 e. The summed E-state index contributed by atoms with van der Waals surface area (Å²) in [4.78, 5) is 38.1. The normalized spacial score (nSPS) is 10.8. The Morgan fingerprint density at radius 1 is 1.03 bits per heavy atom. The van der Waals surface area contributed by atoms with Crippen LogP contribution in [-0.4, -0.2) is 29.0 Å². The first kappa shape index (κ1) is 21.4. The quantitative estimate of drug-likeness (QED) is 0.251. The molecule has 31 heavy (non-hydrogen) atoms. The van der Waals surface area contributed by atoms with Gasteiger partial charge >= 0.3 is 17.6 Å². The Bertz CT molecular complexity index is 1220. The summed E-state index contributed by atoms with van der Waals surface area (Å²) in [5.74, 6) is -0.817. The van der Waals surface area contributed by atoms with Crippen LogP contribution >= 0.6 is 0 Å². The lowest BCUT2D eigenvalue weighted by Crippen LogP contribution is -2.06. The average molecular weight is 422 g/mol. The molecule has 0 radical (unpaired) electrons. The lowest BCUT2D eigenvalue weighted by molar-refractivity contribution is -0.385. The summed E-state index contributed by atoms with van der Waals surface area (Å²) in [6.07, 6.45) is 3.12. The maximum Gasteiger partial charge on any atom is 0.316 e. The Balaban J connectivity index is 2.09. The lowest BCUT2D eigenvalue weighted by atomic mass is 10.1.